The van der Waals surface area contributed by atoms with Crippen molar-refractivity contribution in [3.63, 3.8) is 0 Å². The largest absolute Gasteiger partial charge is 0.467 e. The van der Waals surface area contributed by atoms with E-state index in [0.717, 1.165) is 0 Å². The van der Waals surface area contributed by atoms with Crippen LogP contribution >= 0.6 is 0 Å². The molecule has 1 saturated heterocycles. The Balaban J connectivity index is 2.54. The molecule has 1 heterocycles. The van der Waals surface area contributed by atoms with Crippen LogP contribution in [0.25, 0.3) is 0 Å². The van der Waals surface area contributed by atoms with Crippen molar-refractivity contribution in [3.8, 4) is 0 Å². The van der Waals surface area contributed by atoms with Crippen LogP contribution in [0.5, 0.6) is 0 Å². The number of likely N-dealkylation sites (tertiary alicyclic amines) is 1. The van der Waals surface area contributed by atoms with Crippen LogP contribution < -0.4 is 11.1 Å². The van der Waals surface area contributed by atoms with Gasteiger partial charge in [-0.05, 0) is 13.0 Å². The molecule has 0 radical (unpaired) electrons. The maximum atomic E-state index is 11.5. The topological polar surface area (TPSA) is 102 Å². The maximum Gasteiger partial charge on any atom is 0.329 e. The molecule has 7 nitrogen and oxygen atoms in total. The standard InChI is InChI=1S/C11H19N3O4/c1-7(15)13-9(11(17)18-2)6-14-4-3-8(5-14)10(12)16/h8-9H,3-6H2,1-2H3,(H2,12,16)(H,13,15). The first-order valence-electron chi connectivity index (χ1n) is 5.80. The number of esters is 1. The van der Waals surface area contributed by atoms with Crippen LogP contribution in [0.3, 0.4) is 0 Å². The van der Waals surface area contributed by atoms with Crippen LogP contribution in [-0.4, -0.2) is 55.5 Å². The van der Waals surface area contributed by atoms with Gasteiger partial charge in [0.1, 0.15) is 6.04 Å². The van der Waals surface area contributed by atoms with Gasteiger partial charge in [0.15, 0.2) is 0 Å². The van der Waals surface area contributed by atoms with Crippen molar-refractivity contribution in [3.05, 3.63) is 0 Å². The first-order chi connectivity index (χ1) is 8.43. The first kappa shape index (κ1) is 14.4. The highest BCUT2D eigenvalue weighted by Crippen LogP contribution is 2.15. The number of nitrogens with zero attached hydrogens (tertiary/aromatic N) is 1. The number of hydrogen-bond acceptors (Lipinski definition) is 5. The van der Waals surface area contributed by atoms with Crippen LogP contribution in [0.15, 0.2) is 0 Å². The molecule has 2 unspecified atom stereocenters. The van der Waals surface area contributed by atoms with Crippen LogP contribution in [0.1, 0.15) is 13.3 Å². The summed E-state index contributed by atoms with van der Waals surface area (Å²) in [5.41, 5.74) is 5.23. The minimum absolute atomic E-state index is 0.180. The van der Waals surface area contributed by atoms with Gasteiger partial charge in [-0.2, -0.15) is 0 Å². The highest BCUT2D eigenvalue weighted by molar-refractivity contribution is 5.83. The predicted molar refractivity (Wildman–Crippen MR) is 63.4 cm³/mol. The van der Waals surface area contributed by atoms with E-state index in [0.29, 0.717) is 26.1 Å². The van der Waals surface area contributed by atoms with E-state index in [1.54, 1.807) is 0 Å². The third-order valence-corrected chi connectivity index (χ3v) is 2.98. The molecule has 2 atom stereocenters. The Kier molecular flexibility index (Phi) is 5.08. The summed E-state index contributed by atoms with van der Waals surface area (Å²) in [5, 5.41) is 2.53. The van der Waals surface area contributed by atoms with Crippen molar-refractivity contribution in [2.75, 3.05) is 26.7 Å². The molecule has 18 heavy (non-hydrogen) atoms. The van der Waals surface area contributed by atoms with E-state index in [-0.39, 0.29) is 17.7 Å². The Bertz CT molecular complexity index is 345. The van der Waals surface area contributed by atoms with Crippen molar-refractivity contribution >= 4 is 17.8 Å². The average molecular weight is 257 g/mol. The van der Waals surface area contributed by atoms with Gasteiger partial charge in [0, 0.05) is 20.0 Å². The summed E-state index contributed by atoms with van der Waals surface area (Å²) in [7, 11) is 1.27. The summed E-state index contributed by atoms with van der Waals surface area (Å²) < 4.78 is 4.63. The molecule has 0 bridgehead atoms. The summed E-state index contributed by atoms with van der Waals surface area (Å²) in [6.45, 7) is 2.87. The van der Waals surface area contributed by atoms with Gasteiger partial charge in [-0.25, -0.2) is 4.79 Å². The lowest BCUT2D eigenvalue weighted by atomic mass is 10.1. The summed E-state index contributed by atoms with van der Waals surface area (Å²) in [4.78, 5) is 35.5. The molecule has 0 saturated carbocycles. The molecule has 1 rings (SSSR count). The lowest BCUT2D eigenvalue weighted by Gasteiger charge is -2.22. The minimum atomic E-state index is -0.709. The third kappa shape index (κ3) is 3.99. The van der Waals surface area contributed by atoms with Gasteiger partial charge in [0.2, 0.25) is 11.8 Å². The normalized spacial score (nSPS) is 21.3. The molecule has 0 spiro atoms. The Morgan fingerprint density at radius 1 is 1.50 bits per heavy atom. The number of hydrogen-bond donors (Lipinski definition) is 2. The fourth-order valence-electron chi connectivity index (χ4n) is 2.06. The molecule has 0 aromatic carbocycles. The molecule has 0 aromatic heterocycles. The second-order valence-electron chi connectivity index (χ2n) is 4.42. The average Bonchev–Trinajstić information content (AvgIpc) is 2.75. The number of methoxy groups -OCH3 is 1. The van der Waals surface area contributed by atoms with E-state index in [9.17, 15) is 14.4 Å². The molecular formula is C11H19N3O4. The summed E-state index contributed by atoms with van der Waals surface area (Å²) >= 11 is 0. The van der Waals surface area contributed by atoms with E-state index in [4.69, 9.17) is 5.73 Å². The number of carbonyl (C=O) groups is 3. The van der Waals surface area contributed by atoms with Gasteiger partial charge < -0.3 is 15.8 Å². The molecule has 0 aromatic rings. The molecule has 2 amide bonds. The molecule has 1 aliphatic heterocycles. The van der Waals surface area contributed by atoms with E-state index in [2.05, 4.69) is 10.1 Å². The van der Waals surface area contributed by atoms with Crippen molar-refractivity contribution in [2.45, 2.75) is 19.4 Å². The number of rotatable bonds is 5. The summed E-state index contributed by atoms with van der Waals surface area (Å²) in [6.07, 6.45) is 0.684. The zero-order valence-corrected chi connectivity index (χ0v) is 10.6. The summed E-state index contributed by atoms with van der Waals surface area (Å²) in [6, 6.07) is -0.709. The van der Waals surface area contributed by atoms with Gasteiger partial charge in [-0.3, -0.25) is 14.5 Å². The second kappa shape index (κ2) is 6.34. The number of primary amides is 1. The SMILES string of the molecule is COC(=O)C(CN1CCC(C(N)=O)C1)NC(C)=O. The van der Waals surface area contributed by atoms with Gasteiger partial charge >= 0.3 is 5.97 Å². The van der Waals surface area contributed by atoms with Crippen LogP contribution in [0.4, 0.5) is 0 Å². The van der Waals surface area contributed by atoms with Gasteiger partial charge in [-0.1, -0.05) is 0 Å². The van der Waals surface area contributed by atoms with Gasteiger partial charge in [-0.15, -0.1) is 0 Å². The molecule has 0 aliphatic carbocycles. The molecule has 3 N–H and O–H groups in total. The minimum Gasteiger partial charge on any atom is -0.467 e. The van der Waals surface area contributed by atoms with Crippen LogP contribution in [0.2, 0.25) is 0 Å². The lowest BCUT2D eigenvalue weighted by molar-refractivity contribution is -0.145. The fourth-order valence-corrected chi connectivity index (χ4v) is 2.06. The van der Waals surface area contributed by atoms with E-state index in [1.807, 2.05) is 4.90 Å². The number of carbonyl (C=O) groups excluding carboxylic acids is 3. The number of ether oxygens (including phenoxy) is 1. The monoisotopic (exact) mass is 257 g/mol. The molecule has 102 valence electrons. The fraction of sp³-hybridized carbons (Fsp3) is 0.727. The van der Waals surface area contributed by atoms with Crippen LogP contribution in [0, 0.1) is 5.92 Å². The van der Waals surface area contributed by atoms with Crippen molar-refractivity contribution in [1.29, 1.82) is 0 Å². The second-order valence-corrected chi connectivity index (χ2v) is 4.42. The number of nitrogens with one attached hydrogen (secondary N) is 1. The van der Waals surface area contributed by atoms with Crippen molar-refractivity contribution in [1.82, 2.24) is 10.2 Å². The smallest absolute Gasteiger partial charge is 0.329 e. The zero-order valence-electron chi connectivity index (χ0n) is 10.6. The molecular weight excluding hydrogens is 238 g/mol. The van der Waals surface area contributed by atoms with E-state index >= 15 is 0 Å². The number of amides is 2. The van der Waals surface area contributed by atoms with E-state index < -0.39 is 12.0 Å². The maximum absolute atomic E-state index is 11.5. The lowest BCUT2D eigenvalue weighted by Crippen LogP contribution is -2.48. The Morgan fingerprint density at radius 2 is 2.17 bits per heavy atom. The van der Waals surface area contributed by atoms with E-state index in [1.165, 1.54) is 14.0 Å². The number of nitrogens with two attached hydrogens (primary N) is 1. The molecule has 1 fully saturated rings. The zero-order chi connectivity index (χ0) is 13.7. The molecule has 1 aliphatic rings. The molecule has 7 heteroatoms. The van der Waals surface area contributed by atoms with Crippen LogP contribution in [-0.2, 0) is 19.1 Å². The predicted octanol–water partition coefficient (Wildman–Crippen LogP) is -1.53. The highest BCUT2D eigenvalue weighted by atomic mass is 16.5. The first-order valence-corrected chi connectivity index (χ1v) is 5.80. The Hall–Kier alpha value is -1.63. The Labute approximate surface area is 106 Å². The van der Waals surface area contributed by atoms with Crippen molar-refractivity contribution in [2.24, 2.45) is 11.7 Å². The summed E-state index contributed by atoms with van der Waals surface area (Å²) in [5.74, 6) is -1.30. The Morgan fingerprint density at radius 3 is 2.61 bits per heavy atom. The van der Waals surface area contributed by atoms with Crippen molar-refractivity contribution < 1.29 is 19.1 Å². The third-order valence-electron chi connectivity index (χ3n) is 2.98. The van der Waals surface area contributed by atoms with Gasteiger partial charge in [0.25, 0.3) is 0 Å². The van der Waals surface area contributed by atoms with Gasteiger partial charge in [0.05, 0.1) is 13.0 Å². The quantitative estimate of drug-likeness (QED) is 0.582. The highest BCUT2D eigenvalue weighted by Gasteiger charge is 2.30.